The van der Waals surface area contributed by atoms with Gasteiger partial charge in [-0.3, -0.25) is 9.10 Å². The summed E-state index contributed by atoms with van der Waals surface area (Å²) in [6.07, 6.45) is 1.08. The first-order valence-corrected chi connectivity index (χ1v) is 7.99. The van der Waals surface area contributed by atoms with Gasteiger partial charge in [-0.25, -0.2) is 8.42 Å². The van der Waals surface area contributed by atoms with Crippen molar-refractivity contribution in [2.75, 3.05) is 23.7 Å². The highest BCUT2D eigenvalue weighted by atomic mass is 35.5. The van der Waals surface area contributed by atoms with E-state index in [1.54, 1.807) is 6.07 Å². The summed E-state index contributed by atoms with van der Waals surface area (Å²) in [6, 6.07) is 4.55. The quantitative estimate of drug-likeness (QED) is 0.899. The van der Waals surface area contributed by atoms with Gasteiger partial charge >= 0.3 is 0 Å². The molecule has 0 aliphatic rings. The van der Waals surface area contributed by atoms with E-state index in [4.69, 9.17) is 23.2 Å². The predicted molar refractivity (Wildman–Crippen MR) is 77.3 cm³/mol. The van der Waals surface area contributed by atoms with Crippen LogP contribution in [0.1, 0.15) is 6.92 Å². The molecule has 0 saturated carbocycles. The Morgan fingerprint density at radius 2 is 2.00 bits per heavy atom. The largest absolute Gasteiger partial charge is 0.355 e. The molecule has 0 radical (unpaired) electrons. The molecule has 0 aliphatic carbocycles. The number of nitrogens with zero attached hydrogens (tertiary/aromatic N) is 1. The predicted octanol–water partition coefficient (Wildman–Crippen LogP) is 1.90. The molecule has 0 heterocycles. The van der Waals surface area contributed by atoms with E-state index >= 15 is 0 Å². The van der Waals surface area contributed by atoms with Crippen LogP contribution in [0, 0.1) is 0 Å². The summed E-state index contributed by atoms with van der Waals surface area (Å²) >= 11 is 11.8. The van der Waals surface area contributed by atoms with Crippen molar-refractivity contribution in [2.45, 2.75) is 6.92 Å². The Morgan fingerprint density at radius 3 is 2.47 bits per heavy atom. The summed E-state index contributed by atoms with van der Waals surface area (Å²) < 4.78 is 24.7. The Labute approximate surface area is 122 Å². The number of carbonyl (C=O) groups is 1. The highest BCUT2D eigenvalue weighted by Gasteiger charge is 2.19. The van der Waals surface area contributed by atoms with E-state index in [1.807, 2.05) is 0 Å². The van der Waals surface area contributed by atoms with Crippen LogP contribution >= 0.6 is 23.2 Å². The molecule has 0 spiro atoms. The fraction of sp³-hybridized carbons (Fsp3) is 0.364. The van der Waals surface area contributed by atoms with E-state index in [0.717, 1.165) is 10.6 Å². The first-order chi connectivity index (χ1) is 8.71. The Balaban J connectivity index is 3.01. The van der Waals surface area contributed by atoms with Gasteiger partial charge in [-0.05, 0) is 18.2 Å². The lowest BCUT2D eigenvalue weighted by atomic mass is 10.3. The van der Waals surface area contributed by atoms with Crippen molar-refractivity contribution in [3.8, 4) is 0 Å². The lowest BCUT2D eigenvalue weighted by Gasteiger charge is -2.23. The minimum absolute atomic E-state index is 0.0970. The zero-order valence-corrected chi connectivity index (χ0v) is 12.8. The van der Waals surface area contributed by atoms with E-state index in [1.165, 1.54) is 19.1 Å². The number of anilines is 1. The van der Waals surface area contributed by atoms with E-state index < -0.39 is 10.0 Å². The zero-order chi connectivity index (χ0) is 14.6. The fourth-order valence-electron chi connectivity index (χ4n) is 1.48. The average molecular weight is 325 g/mol. The molecule has 0 fully saturated rings. The van der Waals surface area contributed by atoms with Gasteiger partial charge in [0.15, 0.2) is 0 Å². The van der Waals surface area contributed by atoms with Gasteiger partial charge in [0.1, 0.15) is 0 Å². The smallest absolute Gasteiger partial charge is 0.232 e. The van der Waals surface area contributed by atoms with Crippen molar-refractivity contribution in [1.82, 2.24) is 5.32 Å². The molecule has 0 aromatic heterocycles. The Hall–Kier alpha value is -0.980. The van der Waals surface area contributed by atoms with Crippen molar-refractivity contribution in [3.63, 3.8) is 0 Å². The summed E-state index contributed by atoms with van der Waals surface area (Å²) in [4.78, 5) is 10.8. The molecule has 0 saturated heterocycles. The van der Waals surface area contributed by atoms with Crippen LogP contribution in [0.5, 0.6) is 0 Å². The van der Waals surface area contributed by atoms with E-state index in [-0.39, 0.29) is 24.0 Å². The average Bonchev–Trinajstić information content (AvgIpc) is 2.24. The maximum Gasteiger partial charge on any atom is 0.232 e. The normalized spacial score (nSPS) is 11.2. The molecule has 0 unspecified atom stereocenters. The van der Waals surface area contributed by atoms with Gasteiger partial charge in [0, 0.05) is 18.5 Å². The molecule has 1 rings (SSSR count). The van der Waals surface area contributed by atoms with Gasteiger partial charge in [-0.15, -0.1) is 0 Å². The Morgan fingerprint density at radius 1 is 1.37 bits per heavy atom. The number of hydrogen-bond donors (Lipinski definition) is 1. The number of halogens is 2. The molecule has 1 aromatic rings. The standard InChI is InChI=1S/C11H14Cl2N2O3S/c1-8(16)14-5-6-15(19(2,17)18)11-4-3-9(12)7-10(11)13/h3-4,7H,5-6H2,1-2H3,(H,14,16). The number of sulfonamides is 1. The van der Waals surface area contributed by atoms with Crippen molar-refractivity contribution < 1.29 is 13.2 Å². The maximum absolute atomic E-state index is 11.8. The van der Waals surface area contributed by atoms with Crippen LogP contribution in [0.4, 0.5) is 5.69 Å². The molecule has 1 N–H and O–H groups in total. The molecular formula is C11H14Cl2N2O3S. The van der Waals surface area contributed by atoms with Crippen molar-refractivity contribution in [2.24, 2.45) is 0 Å². The molecule has 19 heavy (non-hydrogen) atoms. The highest BCUT2D eigenvalue weighted by molar-refractivity contribution is 7.92. The second kappa shape index (κ2) is 6.45. The Bertz CT molecular complexity index is 575. The molecule has 1 amide bonds. The minimum atomic E-state index is -3.50. The third kappa shape index (κ3) is 4.89. The van der Waals surface area contributed by atoms with Crippen LogP contribution in [0.25, 0.3) is 0 Å². The first-order valence-electron chi connectivity index (χ1n) is 5.39. The number of benzene rings is 1. The van der Waals surface area contributed by atoms with Crippen molar-refractivity contribution >= 4 is 44.8 Å². The highest BCUT2D eigenvalue weighted by Crippen LogP contribution is 2.29. The van der Waals surface area contributed by atoms with Gasteiger partial charge < -0.3 is 5.32 Å². The molecule has 0 bridgehead atoms. The zero-order valence-electron chi connectivity index (χ0n) is 10.5. The summed E-state index contributed by atoms with van der Waals surface area (Å²) in [5.41, 5.74) is 0.332. The number of hydrogen-bond acceptors (Lipinski definition) is 3. The second-order valence-corrected chi connectivity index (χ2v) is 6.66. The van der Waals surface area contributed by atoms with Gasteiger partial charge in [-0.2, -0.15) is 0 Å². The first kappa shape index (κ1) is 16.1. The number of nitrogens with one attached hydrogen (secondary N) is 1. The molecule has 8 heteroatoms. The van der Waals surface area contributed by atoms with E-state index in [9.17, 15) is 13.2 Å². The molecule has 0 aliphatic heterocycles. The van der Waals surface area contributed by atoms with Crippen molar-refractivity contribution in [1.29, 1.82) is 0 Å². The Kier molecular flexibility index (Phi) is 5.46. The van der Waals surface area contributed by atoms with Gasteiger partial charge in [0.25, 0.3) is 0 Å². The molecule has 1 aromatic carbocycles. The van der Waals surface area contributed by atoms with Crippen molar-refractivity contribution in [3.05, 3.63) is 28.2 Å². The van der Waals surface area contributed by atoms with Crippen LogP contribution in [-0.4, -0.2) is 33.7 Å². The summed E-state index contributed by atoms with van der Waals surface area (Å²) in [5.74, 6) is -0.226. The van der Waals surface area contributed by atoms with Gasteiger partial charge in [-0.1, -0.05) is 23.2 Å². The SMILES string of the molecule is CC(=O)NCCN(c1ccc(Cl)cc1Cl)S(C)(=O)=O. The van der Waals surface area contributed by atoms with E-state index in [0.29, 0.717) is 10.7 Å². The minimum Gasteiger partial charge on any atom is -0.355 e. The molecular weight excluding hydrogens is 311 g/mol. The lowest BCUT2D eigenvalue weighted by Crippen LogP contribution is -2.37. The summed E-state index contributed by atoms with van der Waals surface area (Å²) in [7, 11) is -3.50. The topological polar surface area (TPSA) is 66.5 Å². The van der Waals surface area contributed by atoms with Crippen LogP contribution in [0.2, 0.25) is 10.0 Å². The monoisotopic (exact) mass is 324 g/mol. The molecule has 106 valence electrons. The number of rotatable bonds is 5. The number of carbonyl (C=O) groups excluding carboxylic acids is 1. The van der Waals surface area contributed by atoms with E-state index in [2.05, 4.69) is 5.32 Å². The van der Waals surface area contributed by atoms with Crippen LogP contribution < -0.4 is 9.62 Å². The summed E-state index contributed by atoms with van der Waals surface area (Å²) in [5, 5.41) is 3.19. The molecule has 5 nitrogen and oxygen atoms in total. The molecule has 0 atom stereocenters. The number of amides is 1. The van der Waals surface area contributed by atoms with Gasteiger partial charge in [0.2, 0.25) is 15.9 Å². The third-order valence-corrected chi connectivity index (χ3v) is 3.99. The van der Waals surface area contributed by atoms with Gasteiger partial charge in [0.05, 0.1) is 23.5 Å². The summed E-state index contributed by atoms with van der Waals surface area (Å²) in [6.45, 7) is 1.65. The maximum atomic E-state index is 11.8. The fourth-order valence-corrected chi connectivity index (χ4v) is 2.98. The van der Waals surface area contributed by atoms with Crippen LogP contribution in [0.3, 0.4) is 0 Å². The third-order valence-electron chi connectivity index (χ3n) is 2.27. The van der Waals surface area contributed by atoms with Crippen LogP contribution in [-0.2, 0) is 14.8 Å². The lowest BCUT2D eigenvalue weighted by molar-refractivity contribution is -0.118. The van der Waals surface area contributed by atoms with Crippen LogP contribution in [0.15, 0.2) is 18.2 Å². The second-order valence-electron chi connectivity index (χ2n) is 3.91.